The molecule has 2 aliphatic heterocycles. The number of hydrogen-bond acceptors (Lipinski definition) is 13. The summed E-state index contributed by atoms with van der Waals surface area (Å²) in [6.45, 7) is 4.31. The fourth-order valence-corrected chi connectivity index (χ4v) is 6.06. The van der Waals surface area contributed by atoms with Crippen LogP contribution in [0.4, 0.5) is 21.9 Å². The highest BCUT2D eigenvalue weighted by Gasteiger charge is 2.42. The van der Waals surface area contributed by atoms with Gasteiger partial charge in [0.25, 0.3) is 0 Å². The molecule has 13 nitrogen and oxygen atoms in total. The van der Waals surface area contributed by atoms with Crippen molar-refractivity contribution in [3.05, 3.63) is 44.9 Å². The van der Waals surface area contributed by atoms with Gasteiger partial charge < -0.3 is 15.8 Å². The Bertz CT molecular complexity index is 1350. The number of thiazole rings is 1. The van der Waals surface area contributed by atoms with Crippen molar-refractivity contribution in [2.24, 2.45) is 0 Å². The van der Waals surface area contributed by atoms with Crippen molar-refractivity contribution < 1.29 is 14.5 Å². The second-order valence-corrected chi connectivity index (χ2v) is 10.2. The monoisotopic (exact) mass is 515 g/mol. The first-order valence-corrected chi connectivity index (χ1v) is 12.2. The normalized spacial score (nSPS) is 18.3. The zero-order valence-corrected chi connectivity index (χ0v) is 20.6. The van der Waals surface area contributed by atoms with Crippen molar-refractivity contribution in [3.8, 4) is 5.75 Å². The number of aromatic nitrogens is 4. The number of amides is 1. The minimum atomic E-state index is -0.544. The highest BCUT2D eigenvalue weighted by Crippen LogP contribution is 2.47. The number of ether oxygens (including phenoxy) is 1. The lowest BCUT2D eigenvalue weighted by Gasteiger charge is -2.26. The van der Waals surface area contributed by atoms with Crippen molar-refractivity contribution in [1.29, 1.82) is 0 Å². The number of anilines is 3. The maximum absolute atomic E-state index is 13.0. The van der Waals surface area contributed by atoms with Gasteiger partial charge in [-0.05, 0) is 31.6 Å². The van der Waals surface area contributed by atoms with Gasteiger partial charge in [-0.1, -0.05) is 11.8 Å². The van der Waals surface area contributed by atoms with Crippen LogP contribution in [0.5, 0.6) is 5.75 Å². The van der Waals surface area contributed by atoms with Gasteiger partial charge in [0.15, 0.2) is 10.9 Å². The Morgan fingerprint density at radius 1 is 1.37 bits per heavy atom. The number of nitrogens with one attached hydrogen (secondary N) is 2. The van der Waals surface area contributed by atoms with E-state index < -0.39 is 10.2 Å². The SMILES string of the molecule is COc1c(C)cnc(CN2NC3CC(C(=O)Nc4ncc([N+](=O)[O-])s4)Sc4nc(N)nc2c43)c1C. The second-order valence-electron chi connectivity index (χ2n) is 8.03. The van der Waals surface area contributed by atoms with Gasteiger partial charge in [0.2, 0.25) is 11.9 Å². The molecule has 0 aromatic carbocycles. The Labute approximate surface area is 207 Å². The highest BCUT2D eigenvalue weighted by atomic mass is 32.2. The molecule has 0 saturated heterocycles. The van der Waals surface area contributed by atoms with Crippen LogP contribution in [-0.4, -0.2) is 43.1 Å². The van der Waals surface area contributed by atoms with E-state index in [0.717, 1.165) is 45.7 Å². The number of carbonyl (C=O) groups is 1. The molecule has 15 heteroatoms. The van der Waals surface area contributed by atoms with E-state index in [1.165, 1.54) is 11.8 Å². The van der Waals surface area contributed by atoms with Crippen molar-refractivity contribution >= 4 is 50.9 Å². The molecule has 5 rings (SSSR count). The number of methoxy groups -OCH3 is 1. The summed E-state index contributed by atoms with van der Waals surface area (Å²) in [5.41, 5.74) is 13.0. The zero-order valence-electron chi connectivity index (χ0n) is 18.9. The van der Waals surface area contributed by atoms with E-state index in [1.54, 1.807) is 13.3 Å². The van der Waals surface area contributed by atoms with Crippen LogP contribution in [0.3, 0.4) is 0 Å². The number of thioether (sulfide) groups is 1. The Kier molecular flexibility index (Phi) is 5.90. The van der Waals surface area contributed by atoms with Crippen molar-refractivity contribution in [1.82, 2.24) is 25.4 Å². The lowest BCUT2D eigenvalue weighted by atomic mass is 10.0. The molecule has 182 valence electrons. The van der Waals surface area contributed by atoms with Crippen LogP contribution >= 0.6 is 23.1 Å². The minimum Gasteiger partial charge on any atom is -0.496 e. The quantitative estimate of drug-likeness (QED) is 0.249. The standard InChI is InChI=1S/C20H21N9O4S2/c1-8-5-22-11(9(2)15(8)33-3)7-28-16-14-10(27-28)4-12(34-18(14)26-19(21)24-16)17(30)25-20-23-6-13(35-20)29(31)32/h5-6,10,12,27H,4,7H2,1-3H3,(H2,21,24,26)(H,23,25,30). The molecule has 2 atom stereocenters. The molecule has 3 aromatic heterocycles. The van der Waals surface area contributed by atoms with E-state index >= 15 is 0 Å². The van der Waals surface area contributed by atoms with Crippen LogP contribution in [-0.2, 0) is 11.3 Å². The second kappa shape index (κ2) is 8.90. The van der Waals surface area contributed by atoms with E-state index in [-0.39, 0.29) is 28.0 Å². The van der Waals surface area contributed by atoms with Gasteiger partial charge in [-0.15, -0.1) is 0 Å². The van der Waals surface area contributed by atoms with Crippen LogP contribution in [0.1, 0.15) is 34.8 Å². The summed E-state index contributed by atoms with van der Waals surface area (Å²) in [6, 6.07) is -0.212. The van der Waals surface area contributed by atoms with Gasteiger partial charge in [0.05, 0.1) is 35.6 Å². The highest BCUT2D eigenvalue weighted by molar-refractivity contribution is 8.00. The Morgan fingerprint density at radius 3 is 2.89 bits per heavy atom. The minimum absolute atomic E-state index is 0.0986. The van der Waals surface area contributed by atoms with Gasteiger partial charge >= 0.3 is 5.00 Å². The molecule has 0 aliphatic carbocycles. The summed E-state index contributed by atoms with van der Waals surface area (Å²) in [4.78, 5) is 40.6. The lowest BCUT2D eigenvalue weighted by Crippen LogP contribution is -2.38. The van der Waals surface area contributed by atoms with E-state index in [2.05, 4.69) is 30.7 Å². The Balaban J connectivity index is 1.38. The maximum Gasteiger partial charge on any atom is 0.345 e. The molecule has 2 aliphatic rings. The lowest BCUT2D eigenvalue weighted by molar-refractivity contribution is -0.380. The number of nitrogens with zero attached hydrogens (tertiary/aromatic N) is 6. The molecule has 3 aromatic rings. The summed E-state index contributed by atoms with van der Waals surface area (Å²) in [5.74, 6) is 1.22. The van der Waals surface area contributed by atoms with Crippen molar-refractivity contribution in [3.63, 3.8) is 0 Å². The number of nitrogens with two attached hydrogens (primary N) is 1. The number of carbonyl (C=O) groups excluding carboxylic acids is 1. The molecule has 2 unspecified atom stereocenters. The topological polar surface area (TPSA) is 174 Å². The summed E-state index contributed by atoms with van der Waals surface area (Å²) < 4.78 is 5.53. The summed E-state index contributed by atoms with van der Waals surface area (Å²) in [7, 11) is 1.63. The van der Waals surface area contributed by atoms with Gasteiger partial charge in [0, 0.05) is 22.9 Å². The summed E-state index contributed by atoms with van der Waals surface area (Å²) >= 11 is 2.09. The fourth-order valence-electron chi connectivity index (χ4n) is 4.19. The largest absolute Gasteiger partial charge is 0.496 e. The van der Waals surface area contributed by atoms with Crippen LogP contribution in [0.25, 0.3) is 0 Å². The van der Waals surface area contributed by atoms with Crippen molar-refractivity contribution in [2.45, 2.75) is 43.1 Å². The van der Waals surface area contributed by atoms with E-state index in [1.807, 2.05) is 18.9 Å². The first-order valence-electron chi connectivity index (χ1n) is 10.5. The molecule has 5 heterocycles. The molecule has 0 saturated carbocycles. The third kappa shape index (κ3) is 4.21. The van der Waals surface area contributed by atoms with Crippen LogP contribution in [0.15, 0.2) is 17.4 Å². The van der Waals surface area contributed by atoms with Gasteiger partial charge in [-0.25, -0.2) is 15.4 Å². The maximum atomic E-state index is 13.0. The number of rotatable bonds is 6. The first kappa shape index (κ1) is 23.2. The van der Waals surface area contributed by atoms with Gasteiger partial charge in [-0.2, -0.15) is 4.98 Å². The molecular weight excluding hydrogens is 494 g/mol. The average Bonchev–Trinajstić information content (AvgIpc) is 3.41. The number of hydrogen-bond donors (Lipinski definition) is 3. The van der Waals surface area contributed by atoms with Crippen LogP contribution in [0.2, 0.25) is 0 Å². The summed E-state index contributed by atoms with van der Waals surface area (Å²) in [5, 5.41) is 15.6. The third-order valence-corrected chi connectivity index (χ3v) is 7.87. The number of hydrazine groups is 1. The Morgan fingerprint density at radius 2 is 2.17 bits per heavy atom. The summed E-state index contributed by atoms with van der Waals surface area (Å²) in [6.07, 6.45) is 3.35. The number of nitrogen functional groups attached to an aromatic ring is 1. The number of nitro groups is 1. The molecule has 0 radical (unpaired) electrons. The molecular formula is C20H21N9O4S2. The first-order chi connectivity index (χ1) is 16.7. The predicted molar refractivity (Wildman–Crippen MR) is 130 cm³/mol. The smallest absolute Gasteiger partial charge is 0.345 e. The predicted octanol–water partition coefficient (Wildman–Crippen LogP) is 2.51. The molecule has 0 spiro atoms. The van der Waals surface area contributed by atoms with Gasteiger partial charge in [0.1, 0.15) is 17.0 Å². The van der Waals surface area contributed by atoms with E-state index in [0.29, 0.717) is 23.8 Å². The van der Waals surface area contributed by atoms with Crippen molar-refractivity contribution in [2.75, 3.05) is 23.2 Å². The van der Waals surface area contributed by atoms with Crippen LogP contribution in [0, 0.1) is 24.0 Å². The van der Waals surface area contributed by atoms with E-state index in [4.69, 9.17) is 10.5 Å². The van der Waals surface area contributed by atoms with Gasteiger partial charge in [-0.3, -0.25) is 24.9 Å². The Hall–Kier alpha value is -3.56. The molecule has 1 amide bonds. The number of pyridine rings is 1. The zero-order chi connectivity index (χ0) is 24.9. The molecule has 35 heavy (non-hydrogen) atoms. The van der Waals surface area contributed by atoms with E-state index in [9.17, 15) is 14.9 Å². The molecule has 4 N–H and O–H groups in total. The van der Waals surface area contributed by atoms with Crippen LogP contribution < -0.4 is 26.2 Å². The fraction of sp³-hybridized carbons (Fsp3) is 0.350. The number of aryl methyl sites for hydroxylation is 1. The molecule has 0 fully saturated rings. The molecule has 0 bridgehead atoms. The third-order valence-electron chi connectivity index (χ3n) is 5.78. The average molecular weight is 516 g/mol.